The number of rotatable bonds is 7. The lowest BCUT2D eigenvalue weighted by molar-refractivity contribution is -0.0216. The van der Waals surface area contributed by atoms with Gasteiger partial charge in [0.1, 0.15) is 0 Å². The molecule has 2 fully saturated rings. The second kappa shape index (κ2) is 9.39. The first-order valence-corrected chi connectivity index (χ1v) is 10.1. The summed E-state index contributed by atoms with van der Waals surface area (Å²) in [6.45, 7) is 17.7. The third-order valence-corrected chi connectivity index (χ3v) is 5.70. The van der Waals surface area contributed by atoms with E-state index in [9.17, 15) is 0 Å². The lowest BCUT2D eigenvalue weighted by atomic mass is 9.82. The minimum absolute atomic E-state index is 0.389. The first kappa shape index (κ1) is 19.2. The molecule has 1 saturated carbocycles. The second-order valence-electron chi connectivity index (χ2n) is 8.60. The van der Waals surface area contributed by atoms with Crippen LogP contribution in [0.4, 0.5) is 0 Å². The molecule has 0 N–H and O–H groups in total. The Hall–Kier alpha value is -0.120. The molecule has 1 atom stereocenters. The molecule has 3 heteroatoms. The van der Waals surface area contributed by atoms with Gasteiger partial charge in [-0.3, -0.25) is 4.90 Å². The molecule has 0 aromatic rings. The van der Waals surface area contributed by atoms with Crippen molar-refractivity contribution in [2.45, 2.75) is 85.0 Å². The van der Waals surface area contributed by atoms with E-state index in [0.29, 0.717) is 18.2 Å². The number of hydrogen-bond acceptors (Lipinski definition) is 3. The number of hydrogen-bond donors (Lipinski definition) is 0. The molecule has 2 rings (SSSR count). The maximum atomic E-state index is 5.98. The van der Waals surface area contributed by atoms with Crippen LogP contribution in [0.3, 0.4) is 0 Å². The van der Waals surface area contributed by atoms with Gasteiger partial charge in [-0.15, -0.1) is 0 Å². The van der Waals surface area contributed by atoms with E-state index in [1.807, 2.05) is 0 Å². The normalized spacial score (nSPS) is 29.3. The van der Waals surface area contributed by atoms with Crippen LogP contribution >= 0.6 is 0 Å². The Morgan fingerprint density at radius 2 is 1.48 bits per heavy atom. The van der Waals surface area contributed by atoms with Crippen molar-refractivity contribution >= 4 is 0 Å². The molecule has 0 aromatic carbocycles. The van der Waals surface area contributed by atoms with Crippen LogP contribution in [0.25, 0.3) is 0 Å². The minimum atomic E-state index is 0.389. The second-order valence-corrected chi connectivity index (χ2v) is 8.60. The standard InChI is InChI=1S/C20H40N2O/c1-16(2)22-12-10-21(11-13-22)15-18(5)14-19-6-8-20(9-7-19)23-17(3)4/h16-20H,6-15H2,1-5H3/t18-,19-,20-/m0/s1. The Morgan fingerprint density at radius 1 is 0.870 bits per heavy atom. The predicted molar refractivity (Wildman–Crippen MR) is 98.9 cm³/mol. The fourth-order valence-corrected chi connectivity index (χ4v) is 4.44. The van der Waals surface area contributed by atoms with Gasteiger partial charge in [0, 0.05) is 38.8 Å². The average Bonchev–Trinajstić information content (AvgIpc) is 2.49. The summed E-state index contributed by atoms with van der Waals surface area (Å²) in [6, 6.07) is 0.706. The summed E-state index contributed by atoms with van der Waals surface area (Å²) in [6.07, 6.45) is 7.65. The highest BCUT2D eigenvalue weighted by atomic mass is 16.5. The maximum absolute atomic E-state index is 5.98. The lowest BCUT2D eigenvalue weighted by Crippen LogP contribution is -2.49. The van der Waals surface area contributed by atoms with Crippen LogP contribution < -0.4 is 0 Å². The lowest BCUT2D eigenvalue weighted by Gasteiger charge is -2.38. The molecule has 0 aromatic heterocycles. The van der Waals surface area contributed by atoms with Gasteiger partial charge in [-0.25, -0.2) is 0 Å². The van der Waals surface area contributed by atoms with Crippen molar-refractivity contribution in [3.8, 4) is 0 Å². The number of piperazine rings is 1. The monoisotopic (exact) mass is 324 g/mol. The van der Waals surface area contributed by atoms with Gasteiger partial charge in [-0.05, 0) is 71.6 Å². The minimum Gasteiger partial charge on any atom is -0.376 e. The van der Waals surface area contributed by atoms with Crippen molar-refractivity contribution in [2.75, 3.05) is 32.7 Å². The zero-order chi connectivity index (χ0) is 16.8. The van der Waals surface area contributed by atoms with Crippen LogP contribution in [0, 0.1) is 11.8 Å². The van der Waals surface area contributed by atoms with Crippen LogP contribution in [-0.4, -0.2) is 60.8 Å². The number of nitrogens with zero attached hydrogens (tertiary/aromatic N) is 2. The van der Waals surface area contributed by atoms with E-state index in [-0.39, 0.29) is 0 Å². The highest BCUT2D eigenvalue weighted by molar-refractivity contribution is 4.78. The zero-order valence-electron chi connectivity index (χ0n) is 16.3. The van der Waals surface area contributed by atoms with E-state index in [1.54, 1.807) is 0 Å². The molecule has 23 heavy (non-hydrogen) atoms. The summed E-state index contributed by atoms with van der Waals surface area (Å²) in [5, 5.41) is 0. The molecule has 0 bridgehead atoms. The van der Waals surface area contributed by atoms with E-state index >= 15 is 0 Å². The molecule has 136 valence electrons. The summed E-state index contributed by atoms with van der Waals surface area (Å²) < 4.78 is 5.98. The number of ether oxygens (including phenoxy) is 1. The molecule has 1 aliphatic heterocycles. The van der Waals surface area contributed by atoms with Crippen molar-refractivity contribution in [2.24, 2.45) is 11.8 Å². The molecule has 0 unspecified atom stereocenters. The van der Waals surface area contributed by atoms with Crippen LogP contribution in [-0.2, 0) is 4.74 Å². The van der Waals surface area contributed by atoms with E-state index in [4.69, 9.17) is 4.74 Å². The fraction of sp³-hybridized carbons (Fsp3) is 1.00. The van der Waals surface area contributed by atoms with Crippen LogP contribution in [0.15, 0.2) is 0 Å². The molecular formula is C20H40N2O. The summed E-state index contributed by atoms with van der Waals surface area (Å²) in [4.78, 5) is 5.30. The Morgan fingerprint density at radius 3 is 2.00 bits per heavy atom. The predicted octanol–water partition coefficient (Wildman–Crippen LogP) is 4.02. The van der Waals surface area contributed by atoms with Gasteiger partial charge in [0.15, 0.2) is 0 Å². The van der Waals surface area contributed by atoms with Crippen molar-refractivity contribution in [1.29, 1.82) is 0 Å². The third kappa shape index (κ3) is 6.72. The summed E-state index contributed by atoms with van der Waals surface area (Å²) in [5.41, 5.74) is 0. The smallest absolute Gasteiger partial charge is 0.0578 e. The van der Waals surface area contributed by atoms with Gasteiger partial charge in [0.2, 0.25) is 0 Å². The summed E-state index contributed by atoms with van der Waals surface area (Å²) >= 11 is 0. The molecule has 0 spiro atoms. The van der Waals surface area contributed by atoms with E-state index in [2.05, 4.69) is 44.4 Å². The van der Waals surface area contributed by atoms with Crippen molar-refractivity contribution in [1.82, 2.24) is 9.80 Å². The molecule has 0 radical (unpaired) electrons. The molecule has 1 aliphatic carbocycles. The Bertz CT molecular complexity index is 316. The molecule has 2 aliphatic rings. The van der Waals surface area contributed by atoms with Crippen LogP contribution in [0.2, 0.25) is 0 Å². The van der Waals surface area contributed by atoms with Gasteiger partial charge < -0.3 is 9.64 Å². The largest absolute Gasteiger partial charge is 0.376 e. The van der Waals surface area contributed by atoms with Gasteiger partial charge in [-0.2, -0.15) is 0 Å². The zero-order valence-corrected chi connectivity index (χ0v) is 16.3. The van der Waals surface area contributed by atoms with E-state index < -0.39 is 0 Å². The highest BCUT2D eigenvalue weighted by Crippen LogP contribution is 2.31. The molecular weight excluding hydrogens is 284 g/mol. The third-order valence-electron chi connectivity index (χ3n) is 5.70. The summed E-state index contributed by atoms with van der Waals surface area (Å²) in [5.74, 6) is 1.78. The van der Waals surface area contributed by atoms with Crippen molar-refractivity contribution < 1.29 is 4.74 Å². The van der Waals surface area contributed by atoms with Gasteiger partial charge in [-0.1, -0.05) is 6.92 Å². The molecule has 1 heterocycles. The van der Waals surface area contributed by atoms with Crippen molar-refractivity contribution in [3.63, 3.8) is 0 Å². The molecule has 0 amide bonds. The van der Waals surface area contributed by atoms with E-state index in [1.165, 1.54) is 64.8 Å². The molecule has 1 saturated heterocycles. The average molecular weight is 325 g/mol. The fourth-order valence-electron chi connectivity index (χ4n) is 4.44. The van der Waals surface area contributed by atoms with Crippen molar-refractivity contribution in [3.05, 3.63) is 0 Å². The first-order valence-electron chi connectivity index (χ1n) is 10.1. The quantitative estimate of drug-likeness (QED) is 0.703. The SMILES string of the molecule is CC(C)O[C@H]1CC[C@H](C[C@H](C)CN2CCN(C(C)C)CC2)CC1. The Balaban J connectivity index is 1.61. The van der Waals surface area contributed by atoms with Crippen LogP contribution in [0.1, 0.15) is 66.7 Å². The molecule has 3 nitrogen and oxygen atoms in total. The van der Waals surface area contributed by atoms with Crippen LogP contribution in [0.5, 0.6) is 0 Å². The Kier molecular flexibility index (Phi) is 7.84. The van der Waals surface area contributed by atoms with Gasteiger partial charge >= 0.3 is 0 Å². The highest BCUT2D eigenvalue weighted by Gasteiger charge is 2.25. The van der Waals surface area contributed by atoms with E-state index in [0.717, 1.165) is 11.8 Å². The first-order chi connectivity index (χ1) is 10.9. The van der Waals surface area contributed by atoms with Gasteiger partial charge in [0.25, 0.3) is 0 Å². The topological polar surface area (TPSA) is 15.7 Å². The Labute approximate surface area is 144 Å². The van der Waals surface area contributed by atoms with Gasteiger partial charge in [0.05, 0.1) is 12.2 Å². The summed E-state index contributed by atoms with van der Waals surface area (Å²) in [7, 11) is 0. The maximum Gasteiger partial charge on any atom is 0.0578 e.